The molecule has 11 heteroatoms. The predicted octanol–water partition coefficient (Wildman–Crippen LogP) is 3.72. The fourth-order valence-electron chi connectivity index (χ4n) is 4.81. The van der Waals surface area contributed by atoms with Crippen molar-refractivity contribution >= 4 is 44.5 Å². The number of anilines is 1. The summed E-state index contributed by atoms with van der Waals surface area (Å²) in [4.78, 5) is 42.2. The Balaban J connectivity index is 1.40. The van der Waals surface area contributed by atoms with Crippen LogP contribution in [-0.2, 0) is 11.2 Å². The van der Waals surface area contributed by atoms with E-state index in [1.807, 2.05) is 25.1 Å². The molecule has 4 aromatic rings. The van der Waals surface area contributed by atoms with Gasteiger partial charge in [-0.1, -0.05) is 13.0 Å². The zero-order valence-electron chi connectivity index (χ0n) is 19.9. The first-order chi connectivity index (χ1) is 17.4. The lowest BCUT2D eigenvalue weighted by Crippen LogP contribution is -2.35. The van der Waals surface area contributed by atoms with Gasteiger partial charge in [0.25, 0.3) is 5.91 Å². The van der Waals surface area contributed by atoms with Crippen molar-refractivity contribution in [1.29, 1.82) is 0 Å². The summed E-state index contributed by atoms with van der Waals surface area (Å²) in [7, 11) is 1.69. The molecule has 0 saturated heterocycles. The third-order valence-electron chi connectivity index (χ3n) is 6.66. The van der Waals surface area contributed by atoms with Crippen molar-refractivity contribution in [2.45, 2.75) is 32.6 Å². The Kier molecular flexibility index (Phi) is 6.48. The largest absolute Gasteiger partial charge is 0.359 e. The summed E-state index contributed by atoms with van der Waals surface area (Å²) in [6.07, 6.45) is 9.50. The number of rotatable bonds is 6. The Bertz CT molecular complexity index is 1440. The summed E-state index contributed by atoms with van der Waals surface area (Å²) >= 11 is 3.51. The minimum atomic E-state index is -0.350. The number of halogens is 1. The molecule has 1 fully saturated rings. The van der Waals surface area contributed by atoms with Crippen LogP contribution in [0.3, 0.4) is 0 Å². The second-order valence-electron chi connectivity index (χ2n) is 9.27. The van der Waals surface area contributed by atoms with Crippen molar-refractivity contribution in [3.05, 3.63) is 65.2 Å². The zero-order valence-corrected chi connectivity index (χ0v) is 21.5. The summed E-state index contributed by atoms with van der Waals surface area (Å²) in [6.45, 7) is 2.03. The van der Waals surface area contributed by atoms with E-state index in [1.165, 1.54) is 18.6 Å². The number of nitrogens with one attached hydrogen (secondary N) is 2. The van der Waals surface area contributed by atoms with Crippen LogP contribution in [0.4, 0.5) is 5.69 Å². The van der Waals surface area contributed by atoms with Crippen molar-refractivity contribution in [3.8, 4) is 5.69 Å². The monoisotopic (exact) mass is 548 g/mol. The van der Waals surface area contributed by atoms with E-state index in [1.54, 1.807) is 24.0 Å². The Labute approximate surface area is 216 Å². The van der Waals surface area contributed by atoms with Crippen LogP contribution in [0.25, 0.3) is 16.7 Å². The molecule has 2 N–H and O–H groups in total. The molecule has 3 aromatic heterocycles. The Morgan fingerprint density at radius 1 is 1.22 bits per heavy atom. The number of benzene rings is 1. The maximum Gasteiger partial charge on any atom is 0.275 e. The third-order valence-corrected chi connectivity index (χ3v) is 7.25. The van der Waals surface area contributed by atoms with Gasteiger partial charge in [0.05, 0.1) is 17.3 Å². The van der Waals surface area contributed by atoms with Gasteiger partial charge < -0.3 is 10.6 Å². The highest BCUT2D eigenvalue weighted by molar-refractivity contribution is 9.10. The maximum absolute atomic E-state index is 12.5. The summed E-state index contributed by atoms with van der Waals surface area (Å²) < 4.78 is 2.36. The van der Waals surface area contributed by atoms with E-state index < -0.39 is 0 Å². The lowest BCUT2D eigenvalue weighted by atomic mass is 9.86. The highest BCUT2D eigenvalue weighted by atomic mass is 79.9. The van der Waals surface area contributed by atoms with Crippen molar-refractivity contribution in [3.63, 3.8) is 0 Å². The molecule has 2 atom stereocenters. The number of carbonyl (C=O) groups is 2. The van der Waals surface area contributed by atoms with E-state index in [0.717, 1.165) is 36.2 Å². The SMILES string of the molecule is CNC(=O)[C@]1(C)CC[C@@H](Cc2ncc3c(Br)nn(-c4cccc(NC(=O)c5cnccn5)c4)c3n2)C1. The topological polar surface area (TPSA) is 128 Å². The van der Waals surface area contributed by atoms with Crippen molar-refractivity contribution < 1.29 is 9.59 Å². The van der Waals surface area contributed by atoms with Crippen molar-refractivity contribution in [2.24, 2.45) is 11.3 Å². The number of amides is 2. The highest BCUT2D eigenvalue weighted by Gasteiger charge is 2.40. The summed E-state index contributed by atoms with van der Waals surface area (Å²) in [5.41, 5.74) is 1.88. The van der Waals surface area contributed by atoms with Crippen LogP contribution in [-0.4, -0.2) is 48.6 Å². The molecule has 0 aliphatic heterocycles. The van der Waals surface area contributed by atoms with Gasteiger partial charge in [-0.2, -0.15) is 5.10 Å². The molecule has 1 saturated carbocycles. The molecule has 184 valence electrons. The van der Waals surface area contributed by atoms with Crippen LogP contribution >= 0.6 is 15.9 Å². The minimum absolute atomic E-state index is 0.0923. The van der Waals surface area contributed by atoms with Gasteiger partial charge in [0.15, 0.2) is 5.65 Å². The summed E-state index contributed by atoms with van der Waals surface area (Å²) in [6, 6.07) is 7.34. The molecule has 3 heterocycles. The lowest BCUT2D eigenvalue weighted by molar-refractivity contribution is -0.129. The van der Waals surface area contributed by atoms with Crippen LogP contribution in [0.1, 0.15) is 42.5 Å². The van der Waals surface area contributed by atoms with Crippen LogP contribution in [0.15, 0.2) is 53.7 Å². The first-order valence-electron chi connectivity index (χ1n) is 11.7. The van der Waals surface area contributed by atoms with Crippen LogP contribution in [0, 0.1) is 11.3 Å². The average Bonchev–Trinajstić information content (AvgIpc) is 3.44. The normalized spacial score (nSPS) is 19.4. The lowest BCUT2D eigenvalue weighted by Gasteiger charge is -2.21. The van der Waals surface area contributed by atoms with Crippen LogP contribution in [0.2, 0.25) is 0 Å². The molecule has 0 unspecified atom stereocenters. The van der Waals surface area contributed by atoms with Gasteiger partial charge in [0, 0.05) is 43.2 Å². The number of hydrogen-bond acceptors (Lipinski definition) is 7. The molecule has 5 rings (SSSR count). The van der Waals surface area contributed by atoms with Gasteiger partial charge in [0.2, 0.25) is 5.91 Å². The van der Waals surface area contributed by atoms with Crippen LogP contribution < -0.4 is 10.6 Å². The molecule has 1 aliphatic rings. The predicted molar refractivity (Wildman–Crippen MR) is 138 cm³/mol. The Morgan fingerprint density at radius 2 is 2.08 bits per heavy atom. The van der Waals surface area contributed by atoms with E-state index in [0.29, 0.717) is 28.3 Å². The molecular weight excluding hydrogens is 524 g/mol. The van der Waals surface area contributed by atoms with E-state index in [4.69, 9.17) is 4.98 Å². The third kappa shape index (κ3) is 4.70. The molecule has 1 aliphatic carbocycles. The van der Waals surface area contributed by atoms with Crippen molar-refractivity contribution in [1.82, 2.24) is 35.0 Å². The second kappa shape index (κ2) is 9.73. The van der Waals surface area contributed by atoms with E-state index >= 15 is 0 Å². The van der Waals surface area contributed by atoms with Gasteiger partial charge in [0.1, 0.15) is 16.1 Å². The molecule has 0 spiro atoms. The van der Waals surface area contributed by atoms with Gasteiger partial charge in [-0.05, 0) is 59.3 Å². The van der Waals surface area contributed by atoms with Gasteiger partial charge >= 0.3 is 0 Å². The van der Waals surface area contributed by atoms with Gasteiger partial charge in [-0.25, -0.2) is 19.6 Å². The fourth-order valence-corrected chi connectivity index (χ4v) is 5.25. The summed E-state index contributed by atoms with van der Waals surface area (Å²) in [5, 5.41) is 11.0. The summed E-state index contributed by atoms with van der Waals surface area (Å²) in [5.74, 6) is 0.796. The molecule has 10 nitrogen and oxygen atoms in total. The zero-order chi connectivity index (χ0) is 25.3. The molecule has 0 bridgehead atoms. The first kappa shape index (κ1) is 24.0. The Morgan fingerprint density at radius 3 is 2.86 bits per heavy atom. The molecule has 36 heavy (non-hydrogen) atoms. The number of hydrogen-bond donors (Lipinski definition) is 2. The smallest absolute Gasteiger partial charge is 0.275 e. The quantitative estimate of drug-likeness (QED) is 0.375. The molecule has 1 aromatic carbocycles. The molecule has 0 radical (unpaired) electrons. The number of fused-ring (bicyclic) bond motifs is 1. The standard InChI is InChI=1S/C25H25BrN8O2/c1-25(24(36)27-2)7-6-15(12-25)10-20-30-13-18-21(26)33-34(22(18)32-20)17-5-3-4-16(11-17)31-23(35)19-14-28-8-9-29-19/h3-5,8-9,11,13-15H,6-7,10,12H2,1-2H3,(H,27,36)(H,31,35)/t15-,25+/m0/s1. The molecule has 2 amide bonds. The number of carbonyl (C=O) groups excluding carboxylic acids is 2. The van der Waals surface area contributed by atoms with Gasteiger partial charge in [-0.3, -0.25) is 14.6 Å². The Hall–Kier alpha value is -3.73. The minimum Gasteiger partial charge on any atom is -0.359 e. The van der Waals surface area contributed by atoms with E-state index in [-0.39, 0.29) is 22.9 Å². The second-order valence-corrected chi connectivity index (χ2v) is 10.0. The van der Waals surface area contributed by atoms with Gasteiger partial charge in [-0.15, -0.1) is 0 Å². The van der Waals surface area contributed by atoms with Crippen molar-refractivity contribution in [2.75, 3.05) is 12.4 Å². The van der Waals surface area contributed by atoms with Crippen LogP contribution in [0.5, 0.6) is 0 Å². The number of nitrogens with zero attached hydrogens (tertiary/aromatic N) is 6. The van der Waals surface area contributed by atoms with E-state index in [9.17, 15) is 9.59 Å². The maximum atomic E-state index is 12.5. The highest BCUT2D eigenvalue weighted by Crippen LogP contribution is 2.42. The average molecular weight is 549 g/mol. The fraction of sp³-hybridized carbons (Fsp3) is 0.320. The first-order valence-corrected chi connectivity index (χ1v) is 12.5. The van der Waals surface area contributed by atoms with E-state index in [2.05, 4.69) is 46.6 Å². The number of aromatic nitrogens is 6. The molecular formula is C25H25BrN8O2.